The number of nitrogens with zero attached hydrogens (tertiary/aromatic N) is 1. The van der Waals surface area contributed by atoms with Crippen LogP contribution in [0.2, 0.25) is 0 Å². The zero-order chi connectivity index (χ0) is 21.8. The van der Waals surface area contributed by atoms with E-state index in [1.54, 1.807) is 0 Å². The lowest BCUT2D eigenvalue weighted by atomic mass is 9.95. The molecule has 0 saturated heterocycles. The SMILES string of the molecule is c1ccc2c(c1)Oc1cc(-c3ccccc3-c3ccncc3)cc3c1P2c1ccccc1O3. The number of fused-ring (bicyclic) bond motifs is 4. The van der Waals surface area contributed by atoms with Crippen LogP contribution in [0.25, 0.3) is 22.3 Å². The van der Waals surface area contributed by atoms with Crippen molar-refractivity contribution in [1.29, 1.82) is 0 Å². The van der Waals surface area contributed by atoms with Crippen LogP contribution in [0.15, 0.2) is 109 Å². The van der Waals surface area contributed by atoms with Gasteiger partial charge < -0.3 is 9.47 Å². The largest absolute Gasteiger partial charge is 0.456 e. The molecule has 4 aromatic carbocycles. The molecule has 2 aliphatic heterocycles. The number of aromatic nitrogens is 1. The first-order valence-electron chi connectivity index (χ1n) is 10.9. The molecule has 0 radical (unpaired) electrons. The predicted molar refractivity (Wildman–Crippen MR) is 134 cm³/mol. The van der Waals surface area contributed by atoms with Crippen LogP contribution in [-0.2, 0) is 0 Å². The van der Waals surface area contributed by atoms with Crippen LogP contribution < -0.4 is 25.4 Å². The maximum atomic E-state index is 6.47. The van der Waals surface area contributed by atoms with Gasteiger partial charge in [0, 0.05) is 30.9 Å². The molecule has 0 atom stereocenters. The molecule has 0 fully saturated rings. The van der Waals surface area contributed by atoms with Crippen molar-refractivity contribution >= 4 is 23.8 Å². The summed E-state index contributed by atoms with van der Waals surface area (Å²) in [5, 5.41) is 3.64. The van der Waals surface area contributed by atoms with E-state index in [2.05, 4.69) is 77.8 Å². The van der Waals surface area contributed by atoms with E-state index in [1.807, 2.05) is 36.7 Å². The van der Waals surface area contributed by atoms with Crippen LogP contribution in [0.4, 0.5) is 0 Å². The van der Waals surface area contributed by atoms with Crippen LogP contribution in [0, 0.1) is 0 Å². The third kappa shape index (κ3) is 2.90. The molecule has 2 aliphatic rings. The molecule has 1 aromatic heterocycles. The molecule has 3 heterocycles. The molecule has 5 aromatic rings. The summed E-state index contributed by atoms with van der Waals surface area (Å²) in [5.74, 6) is 3.62. The number of hydrogen-bond acceptors (Lipinski definition) is 3. The van der Waals surface area contributed by atoms with Crippen molar-refractivity contribution in [3.63, 3.8) is 0 Å². The number of para-hydroxylation sites is 2. The Hall–Kier alpha value is -3.94. The molecule has 0 amide bonds. The number of hydrogen-bond donors (Lipinski definition) is 0. The van der Waals surface area contributed by atoms with Gasteiger partial charge in [0.15, 0.2) is 0 Å². The third-order valence-corrected chi connectivity index (χ3v) is 8.74. The fourth-order valence-electron chi connectivity index (χ4n) is 4.70. The second-order valence-electron chi connectivity index (χ2n) is 8.08. The maximum absolute atomic E-state index is 6.47. The van der Waals surface area contributed by atoms with E-state index in [0.29, 0.717) is 0 Å². The summed E-state index contributed by atoms with van der Waals surface area (Å²) in [6.07, 6.45) is 3.66. The van der Waals surface area contributed by atoms with E-state index in [1.165, 1.54) is 10.6 Å². The van der Waals surface area contributed by atoms with Crippen molar-refractivity contribution in [2.75, 3.05) is 0 Å². The Bertz CT molecular complexity index is 1460. The van der Waals surface area contributed by atoms with Crippen LogP contribution in [0.1, 0.15) is 0 Å². The molecule has 0 unspecified atom stereocenters. The molecule has 0 bridgehead atoms. The first-order valence-corrected chi connectivity index (χ1v) is 12.2. The number of benzene rings is 4. The quantitative estimate of drug-likeness (QED) is 0.290. The third-order valence-electron chi connectivity index (χ3n) is 6.15. The van der Waals surface area contributed by atoms with Gasteiger partial charge in [-0.2, -0.15) is 0 Å². The smallest absolute Gasteiger partial charge is 0.140 e. The van der Waals surface area contributed by atoms with Gasteiger partial charge in [-0.1, -0.05) is 60.7 Å². The first-order chi connectivity index (χ1) is 16.4. The lowest BCUT2D eigenvalue weighted by molar-refractivity contribution is 0.467. The predicted octanol–water partition coefficient (Wildman–Crippen LogP) is 6.39. The van der Waals surface area contributed by atoms with Crippen LogP contribution in [0.5, 0.6) is 23.0 Å². The summed E-state index contributed by atoms with van der Waals surface area (Å²) in [6.45, 7) is 0. The zero-order valence-corrected chi connectivity index (χ0v) is 18.5. The minimum atomic E-state index is -0.742. The fourth-order valence-corrected chi connectivity index (χ4v) is 7.25. The van der Waals surface area contributed by atoms with Gasteiger partial charge in [-0.25, -0.2) is 0 Å². The van der Waals surface area contributed by atoms with Crippen LogP contribution in [0.3, 0.4) is 0 Å². The Balaban J connectivity index is 1.47. The standard InChI is InChI=1S/C29H18NO2P/c1-2-8-22(21(7-1)19-13-15-30-16-14-19)20-17-25-29-26(18-20)32-24-10-4-6-12-28(24)33(29)27-11-5-3-9-23(27)31-25/h1-18H. The van der Waals surface area contributed by atoms with E-state index >= 15 is 0 Å². The van der Waals surface area contributed by atoms with Crippen LogP contribution in [-0.4, -0.2) is 4.98 Å². The summed E-state index contributed by atoms with van der Waals surface area (Å²) in [5.41, 5.74) is 4.50. The van der Waals surface area contributed by atoms with Crippen molar-refractivity contribution in [3.8, 4) is 45.3 Å². The molecule has 0 spiro atoms. The van der Waals surface area contributed by atoms with E-state index in [-0.39, 0.29) is 0 Å². The Labute approximate surface area is 193 Å². The second kappa shape index (κ2) is 7.30. The van der Waals surface area contributed by atoms with Gasteiger partial charge in [0.05, 0.1) is 5.30 Å². The van der Waals surface area contributed by atoms with Crippen molar-refractivity contribution in [2.45, 2.75) is 0 Å². The van der Waals surface area contributed by atoms with Gasteiger partial charge in [-0.05, 0) is 58.7 Å². The summed E-state index contributed by atoms with van der Waals surface area (Å²) in [4.78, 5) is 4.18. The van der Waals surface area contributed by atoms with E-state index in [9.17, 15) is 0 Å². The van der Waals surface area contributed by atoms with Gasteiger partial charge in [0.2, 0.25) is 0 Å². The van der Waals surface area contributed by atoms with Gasteiger partial charge in [0.1, 0.15) is 23.0 Å². The Morgan fingerprint density at radius 2 is 1.03 bits per heavy atom. The Morgan fingerprint density at radius 3 is 1.64 bits per heavy atom. The molecule has 0 aliphatic carbocycles. The van der Waals surface area contributed by atoms with Gasteiger partial charge in [-0.15, -0.1) is 0 Å². The second-order valence-corrected chi connectivity index (χ2v) is 10.2. The van der Waals surface area contributed by atoms with Crippen molar-refractivity contribution in [1.82, 2.24) is 4.98 Å². The first kappa shape index (κ1) is 18.6. The monoisotopic (exact) mass is 443 g/mol. The average molecular weight is 443 g/mol. The highest BCUT2D eigenvalue weighted by Gasteiger charge is 2.37. The average Bonchev–Trinajstić information content (AvgIpc) is 2.89. The molecule has 33 heavy (non-hydrogen) atoms. The van der Waals surface area contributed by atoms with E-state index in [4.69, 9.17) is 9.47 Å². The summed E-state index contributed by atoms with van der Waals surface area (Å²) >= 11 is 0. The topological polar surface area (TPSA) is 31.4 Å². The summed E-state index contributed by atoms with van der Waals surface area (Å²) in [7, 11) is -0.742. The maximum Gasteiger partial charge on any atom is 0.140 e. The van der Waals surface area contributed by atoms with Crippen molar-refractivity contribution in [3.05, 3.63) is 109 Å². The minimum Gasteiger partial charge on any atom is -0.456 e. The van der Waals surface area contributed by atoms with Gasteiger partial charge in [0.25, 0.3) is 0 Å². The molecule has 3 nitrogen and oxygen atoms in total. The Morgan fingerprint density at radius 1 is 0.515 bits per heavy atom. The van der Waals surface area contributed by atoms with Crippen molar-refractivity contribution in [2.24, 2.45) is 0 Å². The normalized spacial score (nSPS) is 13.2. The summed E-state index contributed by atoms with van der Waals surface area (Å²) < 4.78 is 12.9. The number of rotatable bonds is 2. The van der Waals surface area contributed by atoms with E-state index < -0.39 is 7.92 Å². The highest BCUT2D eigenvalue weighted by Crippen LogP contribution is 2.53. The van der Waals surface area contributed by atoms with E-state index in [0.717, 1.165) is 50.6 Å². The van der Waals surface area contributed by atoms with Gasteiger partial charge in [-0.3, -0.25) is 4.98 Å². The highest BCUT2D eigenvalue weighted by atomic mass is 31.1. The number of ether oxygens (including phenoxy) is 2. The molecule has 0 N–H and O–H groups in total. The number of pyridine rings is 1. The van der Waals surface area contributed by atoms with Crippen LogP contribution >= 0.6 is 7.92 Å². The molecule has 156 valence electrons. The fraction of sp³-hybridized carbons (Fsp3) is 0. The molecular formula is C29H18NO2P. The minimum absolute atomic E-state index is 0.742. The van der Waals surface area contributed by atoms with Gasteiger partial charge >= 0.3 is 0 Å². The zero-order valence-electron chi connectivity index (χ0n) is 17.6. The van der Waals surface area contributed by atoms with Crippen molar-refractivity contribution < 1.29 is 9.47 Å². The molecular weight excluding hydrogens is 425 g/mol. The Kier molecular flexibility index (Phi) is 4.12. The lowest BCUT2D eigenvalue weighted by Crippen LogP contribution is -2.31. The molecule has 7 rings (SSSR count). The highest BCUT2D eigenvalue weighted by molar-refractivity contribution is 7.80. The molecule has 4 heteroatoms. The molecule has 0 saturated carbocycles. The lowest BCUT2D eigenvalue weighted by Gasteiger charge is -2.35. The summed E-state index contributed by atoms with van der Waals surface area (Å²) in [6, 6.07) is 33.6.